The first-order chi connectivity index (χ1) is 7.97. The molecule has 94 valence electrons. The van der Waals surface area contributed by atoms with E-state index in [-0.39, 0.29) is 11.7 Å². The van der Waals surface area contributed by atoms with Crippen LogP contribution in [0, 0.1) is 11.6 Å². The maximum Gasteiger partial charge on any atom is 0.257 e. The van der Waals surface area contributed by atoms with Gasteiger partial charge in [0.25, 0.3) is 5.91 Å². The van der Waals surface area contributed by atoms with Gasteiger partial charge in [0.05, 0.1) is 5.69 Å². The van der Waals surface area contributed by atoms with Gasteiger partial charge in [-0.15, -0.1) is 0 Å². The van der Waals surface area contributed by atoms with E-state index in [1.54, 1.807) is 6.92 Å². The first-order valence-corrected chi connectivity index (χ1v) is 5.51. The van der Waals surface area contributed by atoms with E-state index in [9.17, 15) is 13.6 Å². The molecule has 1 atom stereocenters. The zero-order chi connectivity index (χ0) is 13.0. The molecule has 17 heavy (non-hydrogen) atoms. The van der Waals surface area contributed by atoms with Gasteiger partial charge < -0.3 is 11.1 Å². The molecule has 0 saturated carbocycles. The zero-order valence-electron chi connectivity index (χ0n) is 9.89. The summed E-state index contributed by atoms with van der Waals surface area (Å²) in [4.78, 5) is 11.7. The molecule has 1 aromatic carbocycles. The average Bonchev–Trinajstić information content (AvgIpc) is 2.24. The topological polar surface area (TPSA) is 55.1 Å². The molecule has 0 radical (unpaired) electrons. The lowest BCUT2D eigenvalue weighted by Crippen LogP contribution is -2.33. The van der Waals surface area contributed by atoms with Gasteiger partial charge in [0.1, 0.15) is 11.4 Å². The fourth-order valence-corrected chi connectivity index (χ4v) is 1.58. The molecule has 0 aliphatic carbocycles. The number of rotatable bonds is 4. The van der Waals surface area contributed by atoms with Crippen molar-refractivity contribution in [3.8, 4) is 0 Å². The SMILES string of the molecule is CCCC(C)NC(=O)c1c(F)ccc(N)c1F. The Morgan fingerprint density at radius 2 is 2.12 bits per heavy atom. The minimum absolute atomic E-state index is 0.132. The highest BCUT2D eigenvalue weighted by atomic mass is 19.1. The number of hydrogen-bond donors (Lipinski definition) is 2. The smallest absolute Gasteiger partial charge is 0.257 e. The van der Waals surface area contributed by atoms with Crippen LogP contribution in [-0.4, -0.2) is 11.9 Å². The highest BCUT2D eigenvalue weighted by Crippen LogP contribution is 2.18. The lowest BCUT2D eigenvalue weighted by molar-refractivity contribution is 0.0930. The van der Waals surface area contributed by atoms with E-state index in [4.69, 9.17) is 5.73 Å². The Morgan fingerprint density at radius 1 is 1.47 bits per heavy atom. The molecule has 0 aliphatic rings. The Bertz CT molecular complexity index is 421. The number of carbonyl (C=O) groups is 1. The number of anilines is 1. The first-order valence-electron chi connectivity index (χ1n) is 5.51. The van der Waals surface area contributed by atoms with Crippen LogP contribution in [0.25, 0.3) is 0 Å². The number of carbonyl (C=O) groups excluding carboxylic acids is 1. The summed E-state index contributed by atoms with van der Waals surface area (Å²) in [6.45, 7) is 3.74. The second-order valence-corrected chi connectivity index (χ2v) is 3.99. The fourth-order valence-electron chi connectivity index (χ4n) is 1.58. The summed E-state index contributed by atoms with van der Waals surface area (Å²) in [6, 6.07) is 1.95. The van der Waals surface area contributed by atoms with Crippen LogP contribution >= 0.6 is 0 Å². The van der Waals surface area contributed by atoms with Gasteiger partial charge in [0, 0.05) is 6.04 Å². The Hall–Kier alpha value is -1.65. The number of hydrogen-bond acceptors (Lipinski definition) is 2. The molecule has 1 unspecified atom stereocenters. The Kier molecular flexibility index (Phi) is 4.43. The minimum Gasteiger partial charge on any atom is -0.396 e. The van der Waals surface area contributed by atoms with Crippen molar-refractivity contribution >= 4 is 11.6 Å². The first kappa shape index (κ1) is 13.4. The van der Waals surface area contributed by atoms with Crippen molar-refractivity contribution in [3.63, 3.8) is 0 Å². The normalized spacial score (nSPS) is 12.2. The lowest BCUT2D eigenvalue weighted by Gasteiger charge is -2.14. The molecular formula is C12H16F2N2O. The summed E-state index contributed by atoms with van der Waals surface area (Å²) in [6.07, 6.45) is 1.63. The van der Waals surface area contributed by atoms with Crippen LogP contribution in [0.4, 0.5) is 14.5 Å². The summed E-state index contributed by atoms with van der Waals surface area (Å²) in [7, 11) is 0. The maximum absolute atomic E-state index is 13.5. The molecule has 3 nitrogen and oxygen atoms in total. The largest absolute Gasteiger partial charge is 0.396 e. The molecule has 0 spiro atoms. The third-order valence-corrected chi connectivity index (χ3v) is 2.45. The maximum atomic E-state index is 13.5. The van der Waals surface area contributed by atoms with Crippen molar-refractivity contribution in [2.75, 3.05) is 5.73 Å². The van der Waals surface area contributed by atoms with E-state index in [0.29, 0.717) is 0 Å². The second kappa shape index (κ2) is 5.61. The quantitative estimate of drug-likeness (QED) is 0.797. The summed E-state index contributed by atoms with van der Waals surface area (Å²) in [5.74, 6) is -2.68. The fraction of sp³-hybridized carbons (Fsp3) is 0.417. The van der Waals surface area contributed by atoms with Gasteiger partial charge in [0.2, 0.25) is 0 Å². The number of amides is 1. The van der Waals surface area contributed by atoms with Crippen LogP contribution in [0.5, 0.6) is 0 Å². The minimum atomic E-state index is -1.01. The Morgan fingerprint density at radius 3 is 2.71 bits per heavy atom. The van der Waals surface area contributed by atoms with Crippen molar-refractivity contribution in [1.29, 1.82) is 0 Å². The molecule has 1 aromatic rings. The van der Waals surface area contributed by atoms with Gasteiger partial charge >= 0.3 is 0 Å². The van der Waals surface area contributed by atoms with E-state index in [2.05, 4.69) is 5.32 Å². The monoisotopic (exact) mass is 242 g/mol. The molecule has 1 amide bonds. The third-order valence-electron chi connectivity index (χ3n) is 2.45. The molecule has 5 heteroatoms. The second-order valence-electron chi connectivity index (χ2n) is 3.99. The molecule has 0 fully saturated rings. The summed E-state index contributed by atoms with van der Waals surface area (Å²) >= 11 is 0. The van der Waals surface area contributed by atoms with Gasteiger partial charge in [-0.05, 0) is 25.5 Å². The predicted octanol–water partition coefficient (Wildman–Crippen LogP) is 2.47. The number of nitrogens with one attached hydrogen (secondary N) is 1. The van der Waals surface area contributed by atoms with E-state index in [1.165, 1.54) is 0 Å². The third kappa shape index (κ3) is 3.15. The molecule has 0 bridgehead atoms. The number of benzene rings is 1. The molecule has 0 aliphatic heterocycles. The molecule has 3 N–H and O–H groups in total. The van der Waals surface area contributed by atoms with Gasteiger partial charge in [-0.3, -0.25) is 4.79 Å². The van der Waals surface area contributed by atoms with Crippen LogP contribution in [0.2, 0.25) is 0 Å². The van der Waals surface area contributed by atoms with E-state index >= 15 is 0 Å². The van der Waals surface area contributed by atoms with Crippen LogP contribution in [0.15, 0.2) is 12.1 Å². The Balaban J connectivity index is 2.93. The zero-order valence-corrected chi connectivity index (χ0v) is 9.89. The van der Waals surface area contributed by atoms with Gasteiger partial charge in [0.15, 0.2) is 5.82 Å². The molecule has 0 saturated heterocycles. The highest BCUT2D eigenvalue weighted by molar-refractivity contribution is 5.95. The lowest BCUT2D eigenvalue weighted by atomic mass is 10.1. The van der Waals surface area contributed by atoms with Crippen molar-refractivity contribution in [2.45, 2.75) is 32.7 Å². The van der Waals surface area contributed by atoms with Crippen LogP contribution in [0.1, 0.15) is 37.0 Å². The van der Waals surface area contributed by atoms with Gasteiger partial charge in [-0.25, -0.2) is 8.78 Å². The summed E-state index contributed by atoms with van der Waals surface area (Å²) in [5.41, 5.74) is 4.44. The standard InChI is InChI=1S/C12H16F2N2O/c1-3-4-7(2)16-12(17)10-8(13)5-6-9(15)11(10)14/h5-7H,3-4,15H2,1-2H3,(H,16,17). The Labute approximate surface area is 99.0 Å². The average molecular weight is 242 g/mol. The van der Waals surface area contributed by atoms with Crippen molar-refractivity contribution in [2.24, 2.45) is 0 Å². The van der Waals surface area contributed by atoms with Crippen molar-refractivity contribution in [1.82, 2.24) is 5.32 Å². The van der Waals surface area contributed by atoms with E-state index in [0.717, 1.165) is 25.0 Å². The molecular weight excluding hydrogens is 226 g/mol. The summed E-state index contributed by atoms with van der Waals surface area (Å²) < 4.78 is 26.9. The van der Waals surface area contributed by atoms with Crippen molar-refractivity contribution in [3.05, 3.63) is 29.3 Å². The number of halogens is 2. The number of nitrogens with two attached hydrogens (primary N) is 1. The molecule has 0 aromatic heterocycles. The van der Waals surface area contributed by atoms with Crippen LogP contribution in [0.3, 0.4) is 0 Å². The van der Waals surface area contributed by atoms with Gasteiger partial charge in [-0.2, -0.15) is 0 Å². The predicted molar refractivity (Wildman–Crippen MR) is 62.6 cm³/mol. The van der Waals surface area contributed by atoms with E-state index < -0.39 is 23.1 Å². The van der Waals surface area contributed by atoms with Crippen LogP contribution < -0.4 is 11.1 Å². The molecule has 0 heterocycles. The van der Waals surface area contributed by atoms with E-state index in [1.807, 2.05) is 6.92 Å². The van der Waals surface area contributed by atoms with Crippen LogP contribution in [-0.2, 0) is 0 Å². The number of nitrogen functional groups attached to an aromatic ring is 1. The molecule has 1 rings (SSSR count). The summed E-state index contributed by atoms with van der Waals surface area (Å²) in [5, 5.41) is 2.53. The highest BCUT2D eigenvalue weighted by Gasteiger charge is 2.20. The van der Waals surface area contributed by atoms with Crippen molar-refractivity contribution < 1.29 is 13.6 Å². The van der Waals surface area contributed by atoms with Gasteiger partial charge in [-0.1, -0.05) is 13.3 Å².